The van der Waals surface area contributed by atoms with Crippen molar-refractivity contribution in [3.8, 4) is 23.3 Å². The second kappa shape index (κ2) is 4.72. The molecule has 6 nitrogen and oxygen atoms in total. The zero-order chi connectivity index (χ0) is 15.0. The number of hydrogen-bond donors (Lipinski definition) is 3. The summed E-state index contributed by atoms with van der Waals surface area (Å²) in [5, 5.41) is 29.0. The third-order valence-electron chi connectivity index (χ3n) is 3.31. The van der Waals surface area contributed by atoms with Gasteiger partial charge in [0.2, 0.25) is 5.88 Å². The van der Waals surface area contributed by atoms with E-state index in [1.165, 1.54) is 12.1 Å². The molecule has 1 aliphatic heterocycles. The van der Waals surface area contributed by atoms with Gasteiger partial charge in [-0.1, -0.05) is 6.07 Å². The lowest BCUT2D eigenvalue weighted by atomic mass is 9.83. The number of benzene rings is 1. The van der Waals surface area contributed by atoms with E-state index in [4.69, 9.17) is 10.5 Å². The molecule has 3 rings (SSSR count). The van der Waals surface area contributed by atoms with Crippen LogP contribution in [0.2, 0.25) is 0 Å². The SMILES string of the molecule is N#CC1=C(N)Oc2cc(O)cc(O)c2C1c1cccnc1. The number of aromatic nitrogens is 1. The summed E-state index contributed by atoms with van der Waals surface area (Å²) in [7, 11) is 0. The number of hydrogen-bond acceptors (Lipinski definition) is 6. The van der Waals surface area contributed by atoms with Crippen LogP contribution in [-0.2, 0) is 0 Å². The van der Waals surface area contributed by atoms with Gasteiger partial charge in [0.1, 0.15) is 28.9 Å². The van der Waals surface area contributed by atoms with E-state index < -0.39 is 5.92 Å². The summed E-state index contributed by atoms with van der Waals surface area (Å²) >= 11 is 0. The summed E-state index contributed by atoms with van der Waals surface area (Å²) in [6, 6.07) is 8.07. The summed E-state index contributed by atoms with van der Waals surface area (Å²) in [5.41, 5.74) is 7.05. The Balaban J connectivity index is 2.29. The maximum Gasteiger partial charge on any atom is 0.205 e. The highest BCUT2D eigenvalue weighted by Crippen LogP contribution is 2.47. The summed E-state index contributed by atoms with van der Waals surface area (Å²) in [6.45, 7) is 0. The highest BCUT2D eigenvalue weighted by atomic mass is 16.5. The number of nitriles is 1. The molecular weight excluding hydrogens is 270 g/mol. The van der Waals surface area contributed by atoms with Crippen LogP contribution in [0.1, 0.15) is 17.0 Å². The van der Waals surface area contributed by atoms with E-state index in [0.717, 1.165) is 0 Å². The molecule has 104 valence electrons. The minimum Gasteiger partial charge on any atom is -0.508 e. The normalized spacial score (nSPS) is 16.8. The molecule has 0 fully saturated rings. The van der Waals surface area contributed by atoms with Crippen molar-refractivity contribution in [3.63, 3.8) is 0 Å². The van der Waals surface area contributed by atoms with Gasteiger partial charge < -0.3 is 20.7 Å². The second-order valence-electron chi connectivity index (χ2n) is 4.59. The van der Waals surface area contributed by atoms with Crippen molar-refractivity contribution in [2.75, 3.05) is 0 Å². The van der Waals surface area contributed by atoms with Crippen LogP contribution < -0.4 is 10.5 Å². The van der Waals surface area contributed by atoms with E-state index in [1.807, 2.05) is 6.07 Å². The zero-order valence-corrected chi connectivity index (χ0v) is 10.8. The molecule has 0 bridgehead atoms. The average Bonchev–Trinajstić information content (AvgIpc) is 2.46. The summed E-state index contributed by atoms with van der Waals surface area (Å²) in [4.78, 5) is 4.03. The molecule has 0 saturated carbocycles. The van der Waals surface area contributed by atoms with Gasteiger partial charge in [-0.3, -0.25) is 4.98 Å². The highest BCUT2D eigenvalue weighted by Gasteiger charge is 2.33. The molecule has 0 saturated heterocycles. The van der Waals surface area contributed by atoms with Crippen molar-refractivity contribution in [2.24, 2.45) is 5.73 Å². The molecule has 2 heterocycles. The van der Waals surface area contributed by atoms with E-state index in [1.54, 1.807) is 24.5 Å². The number of nitrogens with two attached hydrogens (primary N) is 1. The van der Waals surface area contributed by atoms with E-state index in [-0.39, 0.29) is 28.7 Å². The maximum absolute atomic E-state index is 10.1. The summed E-state index contributed by atoms with van der Waals surface area (Å²) < 4.78 is 5.34. The van der Waals surface area contributed by atoms with Gasteiger partial charge >= 0.3 is 0 Å². The van der Waals surface area contributed by atoms with Crippen molar-refractivity contribution in [1.29, 1.82) is 5.26 Å². The number of fused-ring (bicyclic) bond motifs is 1. The third-order valence-corrected chi connectivity index (χ3v) is 3.31. The van der Waals surface area contributed by atoms with E-state index >= 15 is 0 Å². The van der Waals surface area contributed by atoms with Gasteiger partial charge in [-0.25, -0.2) is 0 Å². The standard InChI is InChI=1S/C15H11N3O3/c16-6-10-13(8-2-1-3-18-7-8)14-11(20)4-9(19)5-12(14)21-15(10)17/h1-5,7,13,19-20H,17H2. The van der Waals surface area contributed by atoms with Crippen molar-refractivity contribution in [3.05, 3.63) is 59.2 Å². The number of nitrogens with zero attached hydrogens (tertiary/aromatic N) is 2. The van der Waals surface area contributed by atoms with Crippen LogP contribution in [0, 0.1) is 11.3 Å². The van der Waals surface area contributed by atoms with Crippen LogP contribution in [0.3, 0.4) is 0 Å². The van der Waals surface area contributed by atoms with Gasteiger partial charge in [-0.15, -0.1) is 0 Å². The Hall–Kier alpha value is -3.20. The summed E-state index contributed by atoms with van der Waals surface area (Å²) in [5.74, 6) is -0.738. The number of allylic oxidation sites excluding steroid dienone is 1. The van der Waals surface area contributed by atoms with E-state index in [2.05, 4.69) is 4.98 Å². The fourth-order valence-electron chi connectivity index (χ4n) is 2.43. The number of pyridine rings is 1. The highest BCUT2D eigenvalue weighted by molar-refractivity contribution is 5.61. The monoisotopic (exact) mass is 281 g/mol. The topological polar surface area (TPSA) is 112 Å². The first-order valence-corrected chi connectivity index (χ1v) is 6.15. The van der Waals surface area contributed by atoms with Gasteiger partial charge in [0, 0.05) is 30.1 Å². The maximum atomic E-state index is 10.1. The minimum atomic E-state index is -0.590. The first-order chi connectivity index (χ1) is 10.1. The lowest BCUT2D eigenvalue weighted by Crippen LogP contribution is -2.21. The number of phenols is 2. The van der Waals surface area contributed by atoms with Crippen LogP contribution in [0.15, 0.2) is 48.1 Å². The van der Waals surface area contributed by atoms with Gasteiger partial charge in [0.05, 0.1) is 5.92 Å². The number of phenolic OH excluding ortho intramolecular Hbond substituents is 2. The predicted octanol–water partition coefficient (Wildman–Crippen LogP) is 1.71. The van der Waals surface area contributed by atoms with Crippen LogP contribution >= 0.6 is 0 Å². The molecule has 0 spiro atoms. The molecule has 1 aliphatic rings. The Morgan fingerprint density at radius 2 is 2.14 bits per heavy atom. The average molecular weight is 281 g/mol. The molecule has 4 N–H and O–H groups in total. The largest absolute Gasteiger partial charge is 0.508 e. The molecule has 21 heavy (non-hydrogen) atoms. The Bertz CT molecular complexity index is 779. The van der Waals surface area contributed by atoms with Crippen molar-refractivity contribution in [2.45, 2.75) is 5.92 Å². The Morgan fingerprint density at radius 3 is 2.81 bits per heavy atom. The lowest BCUT2D eigenvalue weighted by molar-refractivity contribution is 0.375. The van der Waals surface area contributed by atoms with E-state index in [0.29, 0.717) is 11.1 Å². The van der Waals surface area contributed by atoms with E-state index in [9.17, 15) is 15.5 Å². The molecule has 1 aromatic heterocycles. The first kappa shape index (κ1) is 12.8. The zero-order valence-electron chi connectivity index (χ0n) is 10.8. The molecule has 1 atom stereocenters. The Morgan fingerprint density at radius 1 is 1.33 bits per heavy atom. The molecule has 1 aromatic carbocycles. The van der Waals surface area contributed by atoms with Crippen LogP contribution in [0.25, 0.3) is 0 Å². The molecule has 2 aromatic rings. The first-order valence-electron chi connectivity index (χ1n) is 6.15. The van der Waals surface area contributed by atoms with Crippen LogP contribution in [0.5, 0.6) is 17.2 Å². The molecule has 0 amide bonds. The summed E-state index contributed by atoms with van der Waals surface area (Å²) in [6.07, 6.45) is 3.20. The Labute approximate surface area is 120 Å². The molecule has 1 unspecified atom stereocenters. The molecular formula is C15H11N3O3. The van der Waals surface area contributed by atoms with Crippen LogP contribution in [-0.4, -0.2) is 15.2 Å². The van der Waals surface area contributed by atoms with Gasteiger partial charge in [-0.2, -0.15) is 5.26 Å². The predicted molar refractivity (Wildman–Crippen MR) is 73.3 cm³/mol. The van der Waals surface area contributed by atoms with Gasteiger partial charge in [0.15, 0.2) is 0 Å². The van der Waals surface area contributed by atoms with Gasteiger partial charge in [-0.05, 0) is 11.6 Å². The quantitative estimate of drug-likeness (QED) is 0.733. The lowest BCUT2D eigenvalue weighted by Gasteiger charge is -2.26. The molecule has 6 heteroatoms. The van der Waals surface area contributed by atoms with Crippen molar-refractivity contribution in [1.82, 2.24) is 4.98 Å². The van der Waals surface area contributed by atoms with Crippen molar-refractivity contribution >= 4 is 0 Å². The van der Waals surface area contributed by atoms with Gasteiger partial charge in [0.25, 0.3) is 0 Å². The Kier molecular flexibility index (Phi) is 2.88. The smallest absolute Gasteiger partial charge is 0.205 e. The molecule has 0 aliphatic carbocycles. The fraction of sp³-hybridized carbons (Fsp3) is 0.0667. The minimum absolute atomic E-state index is 0.0520. The third kappa shape index (κ3) is 2.01. The molecule has 0 radical (unpaired) electrons. The number of aromatic hydroxyl groups is 2. The van der Waals surface area contributed by atoms with Crippen molar-refractivity contribution < 1.29 is 14.9 Å². The van der Waals surface area contributed by atoms with Crippen LogP contribution in [0.4, 0.5) is 0 Å². The fourth-order valence-corrected chi connectivity index (χ4v) is 2.43. The second-order valence-corrected chi connectivity index (χ2v) is 4.59. The number of rotatable bonds is 1. The number of ether oxygens (including phenoxy) is 1.